The summed E-state index contributed by atoms with van der Waals surface area (Å²) >= 11 is 0. The zero-order valence-electron chi connectivity index (χ0n) is 7.29. The van der Waals surface area contributed by atoms with Gasteiger partial charge in [0, 0.05) is 16.2 Å². The minimum atomic E-state index is -3.79. The molecule has 0 unspecified atom stereocenters. The van der Waals surface area contributed by atoms with Crippen molar-refractivity contribution in [2.75, 3.05) is 0 Å². The fourth-order valence-electron chi connectivity index (χ4n) is 1.07. The maximum absolute atomic E-state index is 13.0. The number of aromatic hydroxyl groups is 1. The molecule has 0 radical (unpaired) electrons. The molecule has 0 spiro atoms. The van der Waals surface area contributed by atoms with Gasteiger partial charge < -0.3 is 5.11 Å². The number of phenolic OH excluding ortho intramolecular Hbond substituents is 1. The van der Waals surface area contributed by atoms with Gasteiger partial charge in [0.05, 0.1) is 5.75 Å². The molecule has 1 aromatic rings. The van der Waals surface area contributed by atoms with Gasteiger partial charge in [-0.1, -0.05) is 0 Å². The number of hydrogen-bond acceptors (Lipinski definition) is 3. The van der Waals surface area contributed by atoms with E-state index >= 15 is 0 Å². The van der Waals surface area contributed by atoms with Gasteiger partial charge >= 0.3 is 0 Å². The van der Waals surface area contributed by atoms with E-state index in [2.05, 4.69) is 0 Å². The lowest BCUT2D eigenvalue weighted by molar-refractivity contribution is 0.466. The van der Waals surface area contributed by atoms with Crippen LogP contribution in [-0.4, -0.2) is 13.5 Å². The van der Waals surface area contributed by atoms with Crippen molar-refractivity contribution >= 4 is 19.7 Å². The molecule has 0 atom stereocenters. The summed E-state index contributed by atoms with van der Waals surface area (Å²) in [6, 6.07) is 2.16. The van der Waals surface area contributed by atoms with Gasteiger partial charge in [0.25, 0.3) is 0 Å². The molecule has 1 aromatic carbocycles. The molecule has 78 valence electrons. The Bertz CT molecular complexity index is 456. The molecule has 0 aliphatic heterocycles. The van der Waals surface area contributed by atoms with Gasteiger partial charge in [-0.25, -0.2) is 12.8 Å². The predicted octanol–water partition coefficient (Wildman–Crippen LogP) is 1.91. The Hall–Kier alpha value is -0.810. The van der Waals surface area contributed by atoms with E-state index in [0.717, 1.165) is 12.1 Å². The lowest BCUT2D eigenvalue weighted by Crippen LogP contribution is -2.00. The van der Waals surface area contributed by atoms with Gasteiger partial charge in [0.2, 0.25) is 9.05 Å². The second-order valence-corrected chi connectivity index (χ2v) is 5.63. The Morgan fingerprint density at radius 3 is 2.57 bits per heavy atom. The molecule has 0 aliphatic carbocycles. The normalized spacial score (nSPS) is 11.6. The molecule has 3 nitrogen and oxygen atoms in total. The van der Waals surface area contributed by atoms with E-state index in [1.165, 1.54) is 6.92 Å². The maximum atomic E-state index is 13.0. The SMILES string of the molecule is Cc1c(F)ccc(O)c1CS(=O)(=O)Cl. The molecule has 14 heavy (non-hydrogen) atoms. The topological polar surface area (TPSA) is 54.4 Å². The Kier molecular flexibility index (Phi) is 3.01. The van der Waals surface area contributed by atoms with Crippen molar-refractivity contribution in [1.82, 2.24) is 0 Å². The predicted molar refractivity (Wildman–Crippen MR) is 51.3 cm³/mol. The third-order valence-electron chi connectivity index (χ3n) is 1.82. The average Bonchev–Trinajstić information content (AvgIpc) is 2.04. The number of rotatable bonds is 2. The van der Waals surface area contributed by atoms with Crippen LogP contribution in [0.4, 0.5) is 4.39 Å². The van der Waals surface area contributed by atoms with Crippen molar-refractivity contribution in [3.05, 3.63) is 29.1 Å². The lowest BCUT2D eigenvalue weighted by atomic mass is 10.1. The van der Waals surface area contributed by atoms with Gasteiger partial charge in [-0.3, -0.25) is 0 Å². The van der Waals surface area contributed by atoms with E-state index in [9.17, 15) is 17.9 Å². The van der Waals surface area contributed by atoms with Gasteiger partial charge in [0.1, 0.15) is 11.6 Å². The first-order valence-electron chi connectivity index (χ1n) is 3.70. The number of phenols is 1. The molecule has 0 aliphatic rings. The summed E-state index contributed by atoms with van der Waals surface area (Å²) in [6.07, 6.45) is 0. The van der Waals surface area contributed by atoms with Gasteiger partial charge in [-0.2, -0.15) is 0 Å². The van der Waals surface area contributed by atoms with Gasteiger partial charge in [-0.05, 0) is 24.6 Å². The quantitative estimate of drug-likeness (QED) is 0.801. The first-order chi connectivity index (χ1) is 6.31. The van der Waals surface area contributed by atoms with Crippen molar-refractivity contribution in [3.63, 3.8) is 0 Å². The van der Waals surface area contributed by atoms with E-state index in [4.69, 9.17) is 10.7 Å². The molecule has 0 fully saturated rings. The van der Waals surface area contributed by atoms with Crippen LogP contribution in [0.1, 0.15) is 11.1 Å². The highest BCUT2D eigenvalue weighted by Gasteiger charge is 2.15. The number of hydrogen-bond donors (Lipinski definition) is 1. The van der Waals surface area contributed by atoms with Crippen molar-refractivity contribution in [1.29, 1.82) is 0 Å². The molecule has 0 aromatic heterocycles. The molecule has 0 heterocycles. The number of benzene rings is 1. The Morgan fingerprint density at radius 2 is 2.07 bits per heavy atom. The van der Waals surface area contributed by atoms with Crippen LogP contribution in [0, 0.1) is 12.7 Å². The summed E-state index contributed by atoms with van der Waals surface area (Å²) in [5.74, 6) is -1.42. The molecule has 1 rings (SSSR count). The smallest absolute Gasteiger partial charge is 0.236 e. The summed E-state index contributed by atoms with van der Waals surface area (Å²) < 4.78 is 34.5. The lowest BCUT2D eigenvalue weighted by Gasteiger charge is -2.06. The Balaban J connectivity index is 3.27. The summed E-state index contributed by atoms with van der Waals surface area (Å²) in [5, 5.41) is 9.29. The molecular weight excluding hydrogens is 231 g/mol. The van der Waals surface area contributed by atoms with Crippen LogP contribution in [0.15, 0.2) is 12.1 Å². The molecule has 0 amide bonds. The van der Waals surface area contributed by atoms with Crippen LogP contribution in [0.2, 0.25) is 0 Å². The number of halogens is 2. The van der Waals surface area contributed by atoms with E-state index in [0.29, 0.717) is 0 Å². The van der Waals surface area contributed by atoms with Crippen LogP contribution in [0.5, 0.6) is 5.75 Å². The third kappa shape index (κ3) is 2.59. The standard InChI is InChI=1S/C8H8ClFO3S/c1-5-6(4-14(9,12)13)8(11)3-2-7(5)10/h2-3,11H,4H2,1H3. The first kappa shape index (κ1) is 11.3. The monoisotopic (exact) mass is 238 g/mol. The summed E-state index contributed by atoms with van der Waals surface area (Å²) in [6.45, 7) is 1.38. The molecule has 0 saturated heterocycles. The third-order valence-corrected chi connectivity index (χ3v) is 2.79. The van der Waals surface area contributed by atoms with Crippen LogP contribution in [-0.2, 0) is 14.8 Å². The van der Waals surface area contributed by atoms with Crippen molar-refractivity contribution in [3.8, 4) is 5.75 Å². The van der Waals surface area contributed by atoms with Crippen LogP contribution >= 0.6 is 10.7 Å². The molecule has 6 heteroatoms. The van der Waals surface area contributed by atoms with Crippen molar-refractivity contribution < 1.29 is 17.9 Å². The van der Waals surface area contributed by atoms with Crippen molar-refractivity contribution in [2.24, 2.45) is 0 Å². The summed E-state index contributed by atoms with van der Waals surface area (Å²) in [7, 11) is 1.21. The average molecular weight is 239 g/mol. The fourth-order valence-corrected chi connectivity index (χ4v) is 2.11. The van der Waals surface area contributed by atoms with Crippen molar-refractivity contribution in [2.45, 2.75) is 12.7 Å². The first-order valence-corrected chi connectivity index (χ1v) is 6.18. The van der Waals surface area contributed by atoms with Crippen LogP contribution in [0.3, 0.4) is 0 Å². The zero-order valence-corrected chi connectivity index (χ0v) is 8.86. The highest BCUT2D eigenvalue weighted by molar-refractivity contribution is 8.13. The molecule has 0 bridgehead atoms. The molecule has 1 N–H and O–H groups in total. The van der Waals surface area contributed by atoms with E-state index in [-0.39, 0.29) is 16.9 Å². The zero-order chi connectivity index (χ0) is 10.9. The second kappa shape index (κ2) is 3.74. The highest BCUT2D eigenvalue weighted by atomic mass is 35.7. The van der Waals surface area contributed by atoms with E-state index < -0.39 is 20.6 Å². The molecular formula is C8H8ClFO3S. The maximum Gasteiger partial charge on any atom is 0.236 e. The summed E-state index contributed by atoms with van der Waals surface area (Å²) in [4.78, 5) is 0. The van der Waals surface area contributed by atoms with E-state index in [1.54, 1.807) is 0 Å². The Morgan fingerprint density at radius 1 is 1.50 bits per heavy atom. The largest absolute Gasteiger partial charge is 0.508 e. The van der Waals surface area contributed by atoms with Gasteiger partial charge in [0.15, 0.2) is 0 Å². The second-order valence-electron chi connectivity index (χ2n) is 2.85. The van der Waals surface area contributed by atoms with Crippen LogP contribution < -0.4 is 0 Å². The highest BCUT2D eigenvalue weighted by Crippen LogP contribution is 2.26. The Labute approximate surface area is 85.6 Å². The minimum Gasteiger partial charge on any atom is -0.508 e. The van der Waals surface area contributed by atoms with Gasteiger partial charge in [-0.15, -0.1) is 0 Å². The van der Waals surface area contributed by atoms with E-state index in [1.807, 2.05) is 0 Å². The summed E-state index contributed by atoms with van der Waals surface area (Å²) in [5.41, 5.74) is 0.0919. The molecule has 0 saturated carbocycles. The fraction of sp³-hybridized carbons (Fsp3) is 0.250. The van der Waals surface area contributed by atoms with Crippen LogP contribution in [0.25, 0.3) is 0 Å². The minimum absolute atomic E-state index is 0.000000000000000444.